The van der Waals surface area contributed by atoms with Gasteiger partial charge in [-0.1, -0.05) is 41.1 Å². The van der Waals surface area contributed by atoms with Crippen LogP contribution in [0.25, 0.3) is 10.9 Å². The van der Waals surface area contributed by atoms with Gasteiger partial charge in [-0.3, -0.25) is 0 Å². The molecule has 0 spiro atoms. The Bertz CT molecular complexity index is 1060. The molecule has 4 rings (SSSR count). The number of benzene rings is 2. The van der Waals surface area contributed by atoms with Crippen LogP contribution in [0.1, 0.15) is 23.7 Å². The second kappa shape index (κ2) is 6.27. The van der Waals surface area contributed by atoms with Gasteiger partial charge in [0.05, 0.1) is 11.4 Å². The van der Waals surface area contributed by atoms with Gasteiger partial charge in [-0.15, -0.1) is 0 Å². The van der Waals surface area contributed by atoms with E-state index in [0.717, 1.165) is 27.7 Å². The number of sulfonamides is 1. The molecule has 0 radical (unpaired) electrons. The first-order chi connectivity index (χ1) is 12.0. The van der Waals surface area contributed by atoms with E-state index in [0.29, 0.717) is 24.4 Å². The zero-order valence-electron chi connectivity index (χ0n) is 13.9. The van der Waals surface area contributed by atoms with Gasteiger partial charge in [0, 0.05) is 27.6 Å². The predicted molar refractivity (Wildman–Crippen MR) is 103 cm³/mol. The molecule has 6 heteroatoms. The van der Waals surface area contributed by atoms with Crippen LogP contribution in [0.2, 0.25) is 0 Å². The molecule has 0 saturated carbocycles. The van der Waals surface area contributed by atoms with Gasteiger partial charge in [-0.2, -0.15) is 4.31 Å². The van der Waals surface area contributed by atoms with Gasteiger partial charge in [0.2, 0.25) is 10.0 Å². The lowest BCUT2D eigenvalue weighted by atomic mass is 10.1. The monoisotopic (exact) mass is 418 g/mol. The van der Waals surface area contributed by atoms with Crippen LogP contribution >= 0.6 is 15.9 Å². The highest BCUT2D eigenvalue weighted by Crippen LogP contribution is 2.31. The zero-order valence-corrected chi connectivity index (χ0v) is 16.3. The molecule has 25 heavy (non-hydrogen) atoms. The Morgan fingerprint density at radius 2 is 2.00 bits per heavy atom. The molecule has 0 bridgehead atoms. The number of para-hydroxylation sites is 1. The molecule has 0 unspecified atom stereocenters. The van der Waals surface area contributed by atoms with Crippen LogP contribution in [-0.2, 0) is 29.4 Å². The standard InChI is InChI=1S/C19H19BrN2O2S/c1-2-13-11-14(20)7-8-19(13)25(23,24)22-10-9-16-15-5-3-4-6-17(15)21-18(16)12-22/h3-8,11,21H,2,9-10,12H2,1H3. The molecule has 0 aliphatic carbocycles. The molecule has 0 saturated heterocycles. The molecule has 1 aliphatic heterocycles. The first kappa shape index (κ1) is 16.8. The Balaban J connectivity index is 1.73. The van der Waals surface area contributed by atoms with E-state index in [-0.39, 0.29) is 0 Å². The van der Waals surface area contributed by atoms with Crippen LogP contribution in [0.5, 0.6) is 0 Å². The number of halogens is 1. The molecular weight excluding hydrogens is 400 g/mol. The van der Waals surface area contributed by atoms with E-state index >= 15 is 0 Å². The van der Waals surface area contributed by atoms with Crippen molar-refractivity contribution in [3.63, 3.8) is 0 Å². The van der Waals surface area contributed by atoms with Crippen LogP contribution in [-0.4, -0.2) is 24.3 Å². The van der Waals surface area contributed by atoms with Crippen molar-refractivity contribution in [2.24, 2.45) is 0 Å². The highest BCUT2D eigenvalue weighted by Gasteiger charge is 2.31. The molecule has 1 aliphatic rings. The van der Waals surface area contributed by atoms with Crippen LogP contribution in [0.4, 0.5) is 0 Å². The highest BCUT2D eigenvalue weighted by atomic mass is 79.9. The Morgan fingerprint density at radius 3 is 2.80 bits per heavy atom. The molecule has 2 heterocycles. The lowest BCUT2D eigenvalue weighted by Gasteiger charge is -2.27. The van der Waals surface area contributed by atoms with Crippen LogP contribution in [0.15, 0.2) is 51.8 Å². The highest BCUT2D eigenvalue weighted by molar-refractivity contribution is 9.10. The van der Waals surface area contributed by atoms with Crippen molar-refractivity contribution in [1.82, 2.24) is 9.29 Å². The molecular formula is C19H19BrN2O2S. The van der Waals surface area contributed by atoms with Gasteiger partial charge in [-0.25, -0.2) is 8.42 Å². The minimum Gasteiger partial charge on any atom is -0.357 e. The summed E-state index contributed by atoms with van der Waals surface area (Å²) in [4.78, 5) is 3.81. The summed E-state index contributed by atoms with van der Waals surface area (Å²) in [5.74, 6) is 0. The molecule has 130 valence electrons. The van der Waals surface area contributed by atoms with E-state index in [1.807, 2.05) is 31.2 Å². The largest absolute Gasteiger partial charge is 0.357 e. The Hall–Kier alpha value is -1.63. The summed E-state index contributed by atoms with van der Waals surface area (Å²) in [6.45, 7) is 2.88. The van der Waals surface area contributed by atoms with Gasteiger partial charge in [-0.05, 0) is 48.2 Å². The lowest BCUT2D eigenvalue weighted by molar-refractivity contribution is 0.388. The summed E-state index contributed by atoms with van der Waals surface area (Å²) in [5.41, 5.74) is 4.17. The summed E-state index contributed by atoms with van der Waals surface area (Å²) >= 11 is 3.43. The van der Waals surface area contributed by atoms with Crippen molar-refractivity contribution >= 4 is 36.9 Å². The van der Waals surface area contributed by atoms with Crippen molar-refractivity contribution in [3.05, 3.63) is 63.8 Å². The van der Waals surface area contributed by atoms with E-state index in [4.69, 9.17) is 0 Å². The molecule has 1 aromatic heterocycles. The van der Waals surface area contributed by atoms with Gasteiger partial charge in [0.15, 0.2) is 0 Å². The summed E-state index contributed by atoms with van der Waals surface area (Å²) in [7, 11) is -3.51. The number of hydrogen-bond donors (Lipinski definition) is 1. The Kier molecular flexibility index (Phi) is 4.22. The number of aromatic amines is 1. The minimum absolute atomic E-state index is 0.394. The van der Waals surface area contributed by atoms with Gasteiger partial charge in [0.25, 0.3) is 0 Å². The van der Waals surface area contributed by atoms with E-state index in [1.165, 1.54) is 10.9 Å². The minimum atomic E-state index is -3.51. The van der Waals surface area contributed by atoms with Crippen molar-refractivity contribution < 1.29 is 8.42 Å². The van der Waals surface area contributed by atoms with Crippen molar-refractivity contribution in [2.75, 3.05) is 6.54 Å². The number of rotatable bonds is 3. The molecule has 0 atom stereocenters. The smallest absolute Gasteiger partial charge is 0.243 e. The fraction of sp³-hybridized carbons (Fsp3) is 0.263. The first-order valence-electron chi connectivity index (χ1n) is 8.37. The van der Waals surface area contributed by atoms with Crippen LogP contribution in [0, 0.1) is 0 Å². The summed E-state index contributed by atoms with van der Waals surface area (Å²) < 4.78 is 28.9. The summed E-state index contributed by atoms with van der Waals surface area (Å²) in [6, 6.07) is 13.5. The van der Waals surface area contributed by atoms with Gasteiger partial charge in [0.1, 0.15) is 0 Å². The second-order valence-corrected chi connectivity index (χ2v) is 9.14. The third-order valence-corrected chi connectivity index (χ3v) is 7.31. The molecule has 0 fully saturated rings. The number of hydrogen-bond acceptors (Lipinski definition) is 2. The number of nitrogens with one attached hydrogen (secondary N) is 1. The third kappa shape index (κ3) is 2.82. The van der Waals surface area contributed by atoms with Crippen LogP contribution in [0.3, 0.4) is 0 Å². The lowest BCUT2D eigenvalue weighted by Crippen LogP contribution is -2.36. The fourth-order valence-corrected chi connectivity index (χ4v) is 5.68. The average molecular weight is 419 g/mol. The first-order valence-corrected chi connectivity index (χ1v) is 10.6. The number of H-pyrrole nitrogens is 1. The van der Waals surface area contributed by atoms with Gasteiger partial charge >= 0.3 is 0 Å². The number of fused-ring (bicyclic) bond motifs is 3. The van der Waals surface area contributed by atoms with Crippen LogP contribution < -0.4 is 0 Å². The SMILES string of the molecule is CCc1cc(Br)ccc1S(=O)(=O)N1CCc2c([nH]c3ccccc23)C1. The maximum atomic E-state index is 13.2. The summed E-state index contributed by atoms with van der Waals surface area (Å²) in [6.07, 6.45) is 1.41. The predicted octanol–water partition coefficient (Wildman–Crippen LogP) is 4.24. The third-order valence-electron chi connectivity index (χ3n) is 4.87. The topological polar surface area (TPSA) is 53.2 Å². The van der Waals surface area contributed by atoms with Gasteiger partial charge < -0.3 is 4.98 Å². The maximum Gasteiger partial charge on any atom is 0.243 e. The molecule has 4 nitrogen and oxygen atoms in total. The number of aryl methyl sites for hydroxylation is 1. The second-order valence-electron chi connectivity index (χ2n) is 6.32. The number of aromatic nitrogens is 1. The Morgan fingerprint density at radius 1 is 1.20 bits per heavy atom. The average Bonchev–Trinajstić information content (AvgIpc) is 2.99. The normalized spacial score (nSPS) is 15.4. The Labute approximate surface area is 156 Å². The summed E-state index contributed by atoms with van der Waals surface area (Å²) in [5, 5.41) is 1.20. The molecule has 1 N–H and O–H groups in total. The maximum absolute atomic E-state index is 13.2. The fourth-order valence-electron chi connectivity index (χ4n) is 3.59. The quantitative estimate of drug-likeness (QED) is 0.691. The molecule has 2 aromatic carbocycles. The molecule has 0 amide bonds. The van der Waals surface area contributed by atoms with Crippen molar-refractivity contribution in [1.29, 1.82) is 0 Å². The van der Waals surface area contributed by atoms with E-state index < -0.39 is 10.0 Å². The number of nitrogens with zero attached hydrogens (tertiary/aromatic N) is 1. The zero-order chi connectivity index (χ0) is 17.6. The van der Waals surface area contributed by atoms with E-state index in [1.54, 1.807) is 16.4 Å². The van der Waals surface area contributed by atoms with Crippen molar-refractivity contribution in [3.8, 4) is 0 Å². The van der Waals surface area contributed by atoms with Crippen molar-refractivity contribution in [2.45, 2.75) is 31.2 Å². The van der Waals surface area contributed by atoms with E-state index in [9.17, 15) is 8.42 Å². The molecule has 3 aromatic rings. The van der Waals surface area contributed by atoms with E-state index in [2.05, 4.69) is 27.0 Å².